The van der Waals surface area contributed by atoms with Gasteiger partial charge in [0.25, 0.3) is 0 Å². The van der Waals surface area contributed by atoms with Crippen molar-refractivity contribution in [1.82, 2.24) is 9.47 Å². The first-order valence-electron chi connectivity index (χ1n) is 9.81. The first-order valence-corrected chi connectivity index (χ1v) is 10.2. The van der Waals surface area contributed by atoms with Gasteiger partial charge >= 0.3 is 0 Å². The number of aromatic nitrogens is 1. The van der Waals surface area contributed by atoms with Crippen LogP contribution < -0.4 is 9.47 Å². The van der Waals surface area contributed by atoms with Crippen molar-refractivity contribution in [3.05, 3.63) is 82.6 Å². The molecule has 5 rings (SSSR count). The summed E-state index contributed by atoms with van der Waals surface area (Å²) in [4.78, 5) is 2.55. The number of hydrogen-bond donors (Lipinski definition) is 0. The fourth-order valence-corrected chi connectivity index (χ4v) is 4.38. The standard InChI is InChI=1S/C23H23ClN2O2/c24-19-7-5-18(6-8-19)23-20-3-1-10-25(20)11-2-12-26(23)16-17-4-9-21-22(15-17)28-14-13-27-21/h1,3-10,15,23H,2,11-14,16H2/t23-/m0/s1. The Labute approximate surface area is 170 Å². The van der Waals surface area contributed by atoms with Crippen molar-refractivity contribution in [1.29, 1.82) is 0 Å². The second-order valence-corrected chi connectivity index (χ2v) is 7.82. The van der Waals surface area contributed by atoms with Crippen LogP contribution in [0.2, 0.25) is 5.02 Å². The number of benzene rings is 2. The molecule has 0 radical (unpaired) electrons. The minimum absolute atomic E-state index is 0.197. The van der Waals surface area contributed by atoms with E-state index in [-0.39, 0.29) is 6.04 Å². The maximum absolute atomic E-state index is 6.15. The molecule has 0 bridgehead atoms. The summed E-state index contributed by atoms with van der Waals surface area (Å²) in [6.45, 7) is 4.16. The lowest BCUT2D eigenvalue weighted by atomic mass is 10.0. The summed E-state index contributed by atoms with van der Waals surface area (Å²) >= 11 is 6.15. The van der Waals surface area contributed by atoms with Gasteiger partial charge in [-0.2, -0.15) is 0 Å². The number of nitrogens with zero attached hydrogens (tertiary/aromatic N) is 2. The van der Waals surface area contributed by atoms with Gasteiger partial charge in [-0.1, -0.05) is 29.8 Å². The zero-order chi connectivity index (χ0) is 18.9. The summed E-state index contributed by atoms with van der Waals surface area (Å²) in [5.74, 6) is 1.69. The van der Waals surface area contributed by atoms with E-state index in [1.165, 1.54) is 16.8 Å². The van der Waals surface area contributed by atoms with Gasteiger partial charge in [-0.3, -0.25) is 4.90 Å². The molecule has 0 saturated heterocycles. The lowest BCUT2D eigenvalue weighted by molar-refractivity contribution is 0.170. The highest BCUT2D eigenvalue weighted by atomic mass is 35.5. The smallest absolute Gasteiger partial charge is 0.161 e. The molecule has 2 aromatic carbocycles. The molecular weight excluding hydrogens is 372 g/mol. The summed E-state index contributed by atoms with van der Waals surface area (Å²) < 4.78 is 13.8. The van der Waals surface area contributed by atoms with Crippen LogP contribution in [0.1, 0.15) is 29.3 Å². The third-order valence-electron chi connectivity index (χ3n) is 5.53. The van der Waals surface area contributed by atoms with Crippen molar-refractivity contribution in [2.75, 3.05) is 19.8 Å². The van der Waals surface area contributed by atoms with E-state index in [0.29, 0.717) is 13.2 Å². The molecule has 0 aliphatic carbocycles. The van der Waals surface area contributed by atoms with E-state index in [4.69, 9.17) is 21.1 Å². The van der Waals surface area contributed by atoms with Crippen LogP contribution in [-0.4, -0.2) is 29.2 Å². The first-order chi connectivity index (χ1) is 13.8. The fourth-order valence-electron chi connectivity index (χ4n) is 4.26. The number of aryl methyl sites for hydroxylation is 1. The maximum Gasteiger partial charge on any atom is 0.161 e. The Kier molecular flexibility index (Phi) is 4.75. The van der Waals surface area contributed by atoms with Crippen LogP contribution in [0.4, 0.5) is 0 Å². The van der Waals surface area contributed by atoms with Gasteiger partial charge in [0.05, 0.1) is 6.04 Å². The molecule has 5 heteroatoms. The van der Waals surface area contributed by atoms with E-state index >= 15 is 0 Å². The lowest BCUT2D eigenvalue weighted by Crippen LogP contribution is -2.29. The number of ether oxygens (including phenoxy) is 2. The van der Waals surface area contributed by atoms with E-state index in [1.807, 2.05) is 18.2 Å². The van der Waals surface area contributed by atoms with Crippen LogP contribution >= 0.6 is 11.6 Å². The highest BCUT2D eigenvalue weighted by Gasteiger charge is 2.27. The summed E-state index contributed by atoms with van der Waals surface area (Å²) in [6, 6.07) is 19.1. The van der Waals surface area contributed by atoms with Gasteiger partial charge in [0, 0.05) is 36.5 Å². The summed E-state index contributed by atoms with van der Waals surface area (Å²) in [5, 5.41) is 0.770. The average molecular weight is 395 g/mol. The van der Waals surface area contributed by atoms with Gasteiger partial charge in [0.2, 0.25) is 0 Å². The highest BCUT2D eigenvalue weighted by Crippen LogP contribution is 2.35. The molecule has 1 atom stereocenters. The van der Waals surface area contributed by atoms with Gasteiger partial charge in [0.15, 0.2) is 11.5 Å². The van der Waals surface area contributed by atoms with Gasteiger partial charge in [0.1, 0.15) is 13.2 Å². The van der Waals surface area contributed by atoms with Crippen LogP contribution in [0, 0.1) is 0 Å². The predicted molar refractivity (Wildman–Crippen MR) is 110 cm³/mol. The SMILES string of the molecule is Clc1ccc([C@H]2c3cccn3CCCN2Cc2ccc3c(c2)OCCO3)cc1. The predicted octanol–water partition coefficient (Wildman–Crippen LogP) is 4.91. The Hall–Kier alpha value is -2.43. The monoisotopic (exact) mass is 394 g/mol. The zero-order valence-electron chi connectivity index (χ0n) is 15.7. The number of halogens is 1. The van der Waals surface area contributed by atoms with Crippen molar-refractivity contribution < 1.29 is 9.47 Å². The molecule has 0 unspecified atom stereocenters. The zero-order valence-corrected chi connectivity index (χ0v) is 16.4. The van der Waals surface area contributed by atoms with Crippen LogP contribution in [0.15, 0.2) is 60.8 Å². The van der Waals surface area contributed by atoms with Crippen LogP contribution in [-0.2, 0) is 13.1 Å². The van der Waals surface area contributed by atoms with E-state index < -0.39 is 0 Å². The molecule has 2 aliphatic rings. The Bertz CT molecular complexity index is 967. The summed E-state index contributed by atoms with van der Waals surface area (Å²) in [6.07, 6.45) is 3.31. The molecule has 3 aromatic rings. The van der Waals surface area contributed by atoms with Crippen LogP contribution in [0.5, 0.6) is 11.5 Å². The van der Waals surface area contributed by atoms with Crippen molar-refractivity contribution in [3.8, 4) is 11.5 Å². The number of hydrogen-bond acceptors (Lipinski definition) is 3. The molecular formula is C23H23ClN2O2. The van der Waals surface area contributed by atoms with Crippen LogP contribution in [0.25, 0.3) is 0 Å². The minimum Gasteiger partial charge on any atom is -0.486 e. The van der Waals surface area contributed by atoms with Crippen molar-refractivity contribution in [2.45, 2.75) is 25.6 Å². The average Bonchev–Trinajstić information content (AvgIpc) is 3.11. The van der Waals surface area contributed by atoms with Gasteiger partial charge in [-0.25, -0.2) is 0 Å². The van der Waals surface area contributed by atoms with Gasteiger partial charge in [-0.05, 0) is 53.9 Å². The van der Waals surface area contributed by atoms with Crippen LogP contribution in [0.3, 0.4) is 0 Å². The molecule has 144 valence electrons. The van der Waals surface area contributed by atoms with E-state index in [9.17, 15) is 0 Å². The van der Waals surface area contributed by atoms with E-state index in [2.05, 4.69) is 52.1 Å². The molecule has 28 heavy (non-hydrogen) atoms. The molecule has 2 aliphatic heterocycles. The largest absolute Gasteiger partial charge is 0.486 e. The molecule has 3 heterocycles. The second kappa shape index (κ2) is 7.53. The quantitative estimate of drug-likeness (QED) is 0.631. The Balaban J connectivity index is 1.50. The Morgan fingerprint density at radius 3 is 2.61 bits per heavy atom. The van der Waals surface area contributed by atoms with Gasteiger partial charge < -0.3 is 14.0 Å². The molecule has 0 amide bonds. The Morgan fingerprint density at radius 2 is 1.75 bits per heavy atom. The molecule has 0 fully saturated rings. The minimum atomic E-state index is 0.197. The van der Waals surface area contributed by atoms with Crippen molar-refractivity contribution >= 4 is 11.6 Å². The molecule has 0 N–H and O–H groups in total. The Morgan fingerprint density at radius 1 is 0.929 bits per heavy atom. The summed E-state index contributed by atoms with van der Waals surface area (Å²) in [7, 11) is 0. The molecule has 1 aromatic heterocycles. The maximum atomic E-state index is 6.15. The molecule has 0 saturated carbocycles. The normalized spacial score (nSPS) is 19.1. The first kappa shape index (κ1) is 17.7. The van der Waals surface area contributed by atoms with Gasteiger partial charge in [-0.15, -0.1) is 0 Å². The van der Waals surface area contributed by atoms with E-state index in [0.717, 1.165) is 42.6 Å². The lowest BCUT2D eigenvalue weighted by Gasteiger charge is -2.31. The van der Waals surface area contributed by atoms with E-state index in [1.54, 1.807) is 0 Å². The topological polar surface area (TPSA) is 26.6 Å². The van der Waals surface area contributed by atoms with Crippen molar-refractivity contribution in [3.63, 3.8) is 0 Å². The second-order valence-electron chi connectivity index (χ2n) is 7.38. The van der Waals surface area contributed by atoms with Crippen molar-refractivity contribution in [2.24, 2.45) is 0 Å². The molecule has 4 nitrogen and oxygen atoms in total. The third-order valence-corrected chi connectivity index (χ3v) is 5.78. The third kappa shape index (κ3) is 3.38. The summed E-state index contributed by atoms with van der Waals surface area (Å²) in [5.41, 5.74) is 3.84. The number of fused-ring (bicyclic) bond motifs is 2. The highest BCUT2D eigenvalue weighted by molar-refractivity contribution is 6.30. The fraction of sp³-hybridized carbons (Fsp3) is 0.304. The number of rotatable bonds is 3. The molecule has 0 spiro atoms.